The predicted octanol–water partition coefficient (Wildman–Crippen LogP) is 6.53. The number of esters is 1. The predicted molar refractivity (Wildman–Crippen MR) is 160 cm³/mol. The summed E-state index contributed by atoms with van der Waals surface area (Å²) in [5.74, 6) is -0.214. The zero-order valence-corrected chi connectivity index (χ0v) is 24.5. The first-order valence-electron chi connectivity index (χ1n) is 11.8. The summed E-state index contributed by atoms with van der Waals surface area (Å²) in [4.78, 5) is 24.2. The Labute approximate surface area is 243 Å². The van der Waals surface area contributed by atoms with Crippen LogP contribution in [0.25, 0.3) is 16.9 Å². The lowest BCUT2D eigenvalue weighted by atomic mass is 10.1. The number of aryl methyl sites for hydroxylation is 1. The lowest BCUT2D eigenvalue weighted by Gasteiger charge is -2.13. The molecule has 1 aromatic heterocycles. The molecule has 0 aliphatic rings. The molecule has 0 aliphatic carbocycles. The van der Waals surface area contributed by atoms with Crippen LogP contribution in [0.2, 0.25) is 0 Å². The van der Waals surface area contributed by atoms with Crippen molar-refractivity contribution in [1.29, 1.82) is 0 Å². The number of aromatic nitrogens is 1. The van der Waals surface area contributed by atoms with Crippen LogP contribution < -0.4 is 10.2 Å². The molecular weight excluding hydrogens is 661 g/mol. The topological polar surface area (TPSA) is 81.9 Å². The van der Waals surface area contributed by atoms with Gasteiger partial charge in [0, 0.05) is 16.9 Å². The third-order valence-corrected chi connectivity index (χ3v) is 6.96. The number of ether oxygens (including phenoxy) is 2. The first-order chi connectivity index (χ1) is 18.4. The van der Waals surface area contributed by atoms with E-state index < -0.39 is 5.97 Å². The van der Waals surface area contributed by atoms with Crippen LogP contribution in [0.3, 0.4) is 0 Å². The highest BCUT2D eigenvalue weighted by atomic mass is 127. The van der Waals surface area contributed by atoms with Gasteiger partial charge in [0.2, 0.25) is 0 Å². The molecule has 4 aromatic rings. The van der Waals surface area contributed by atoms with Crippen LogP contribution >= 0.6 is 38.5 Å². The van der Waals surface area contributed by atoms with E-state index in [1.54, 1.807) is 31.3 Å². The molecule has 0 fully saturated rings. The van der Waals surface area contributed by atoms with Gasteiger partial charge in [-0.25, -0.2) is 10.2 Å². The number of halogens is 2. The Balaban J connectivity index is 1.41. The largest absolute Gasteiger partial charge is 0.480 e. The number of hydrogen-bond donors (Lipinski definition) is 1. The Morgan fingerprint density at radius 2 is 1.79 bits per heavy atom. The molecule has 0 saturated heterocycles. The first kappa shape index (κ1) is 27.6. The number of carbonyl (C=O) groups excluding carboxylic acids is 2. The van der Waals surface area contributed by atoms with E-state index in [4.69, 9.17) is 9.47 Å². The summed E-state index contributed by atoms with van der Waals surface area (Å²) in [7, 11) is 0. The number of carbonyl (C=O) groups is 2. The minimum absolute atomic E-state index is 0.178. The van der Waals surface area contributed by atoms with Crippen LogP contribution in [0.4, 0.5) is 0 Å². The van der Waals surface area contributed by atoms with Crippen molar-refractivity contribution in [3.63, 3.8) is 0 Å². The van der Waals surface area contributed by atoms with Gasteiger partial charge in [-0.05, 0) is 112 Å². The Hall–Kier alpha value is -3.44. The van der Waals surface area contributed by atoms with Crippen LogP contribution in [-0.2, 0) is 9.53 Å². The number of hydrogen-bond acceptors (Lipinski definition) is 5. The number of benzene rings is 3. The van der Waals surface area contributed by atoms with Gasteiger partial charge in [0.15, 0.2) is 6.61 Å². The highest BCUT2D eigenvalue weighted by molar-refractivity contribution is 14.1. The standard InChI is InChI=1S/C29H25BrIN3O4/c1-3-37-27(35)18-38-28-24(30)15-20(16-25(28)31)17-32-33-29(36)22-10-12-23(13-11-22)34-19(2)9-14-26(34)21-7-5-4-6-8-21/h4-17H,3,18H2,1-2H3,(H,33,36)/b32-17+. The maximum absolute atomic E-state index is 12.7. The van der Waals surface area contributed by atoms with Crippen LogP contribution in [0.15, 0.2) is 88.4 Å². The second kappa shape index (κ2) is 12.9. The molecule has 0 atom stereocenters. The first-order valence-corrected chi connectivity index (χ1v) is 13.7. The Morgan fingerprint density at radius 1 is 1.05 bits per heavy atom. The second-order valence-electron chi connectivity index (χ2n) is 8.21. The van der Waals surface area contributed by atoms with Crippen LogP contribution in [0.5, 0.6) is 5.75 Å². The molecule has 0 saturated carbocycles. The van der Waals surface area contributed by atoms with Gasteiger partial charge < -0.3 is 14.0 Å². The molecule has 0 bridgehead atoms. The van der Waals surface area contributed by atoms with E-state index in [2.05, 4.69) is 84.8 Å². The van der Waals surface area contributed by atoms with Crippen molar-refractivity contribution < 1.29 is 19.1 Å². The van der Waals surface area contributed by atoms with Gasteiger partial charge in [0.05, 0.1) is 26.6 Å². The van der Waals surface area contributed by atoms with E-state index in [9.17, 15) is 9.59 Å². The second-order valence-corrected chi connectivity index (χ2v) is 10.2. The molecule has 7 nitrogen and oxygen atoms in total. The summed E-state index contributed by atoms with van der Waals surface area (Å²) in [6.07, 6.45) is 1.55. The van der Waals surface area contributed by atoms with Crippen LogP contribution in [0.1, 0.15) is 28.5 Å². The van der Waals surface area contributed by atoms with Crippen molar-refractivity contribution in [3.05, 3.63) is 104 Å². The molecule has 194 valence electrons. The third-order valence-electron chi connectivity index (χ3n) is 5.57. The molecule has 4 rings (SSSR count). The van der Waals surface area contributed by atoms with E-state index in [0.717, 1.165) is 31.8 Å². The van der Waals surface area contributed by atoms with Crippen molar-refractivity contribution in [3.8, 4) is 22.7 Å². The number of nitrogens with one attached hydrogen (secondary N) is 1. The number of amides is 1. The minimum atomic E-state index is -0.434. The molecule has 0 spiro atoms. The van der Waals surface area contributed by atoms with E-state index in [0.29, 0.717) is 22.4 Å². The van der Waals surface area contributed by atoms with Gasteiger partial charge >= 0.3 is 5.97 Å². The van der Waals surface area contributed by atoms with Crippen molar-refractivity contribution in [2.75, 3.05) is 13.2 Å². The molecule has 0 unspecified atom stereocenters. The van der Waals surface area contributed by atoms with Crippen LogP contribution in [-0.4, -0.2) is 35.9 Å². The zero-order valence-electron chi connectivity index (χ0n) is 20.8. The minimum Gasteiger partial charge on any atom is -0.480 e. The molecule has 1 N–H and O–H groups in total. The fourth-order valence-corrected chi connectivity index (χ4v) is 5.60. The molecule has 38 heavy (non-hydrogen) atoms. The van der Waals surface area contributed by atoms with Crippen molar-refractivity contribution in [2.24, 2.45) is 5.10 Å². The SMILES string of the molecule is CCOC(=O)COc1c(Br)cc(/C=N/NC(=O)c2ccc(-n3c(C)ccc3-c3ccccc3)cc2)cc1I. The number of hydrazone groups is 1. The van der Waals surface area contributed by atoms with Crippen molar-refractivity contribution in [1.82, 2.24) is 9.99 Å². The van der Waals surface area contributed by atoms with Crippen molar-refractivity contribution >= 4 is 56.6 Å². The molecule has 3 aromatic carbocycles. The quantitative estimate of drug-likeness (QED) is 0.0941. The maximum Gasteiger partial charge on any atom is 0.344 e. The lowest BCUT2D eigenvalue weighted by Crippen LogP contribution is -2.17. The highest BCUT2D eigenvalue weighted by Crippen LogP contribution is 2.31. The summed E-state index contributed by atoms with van der Waals surface area (Å²) in [5, 5.41) is 4.10. The summed E-state index contributed by atoms with van der Waals surface area (Å²) in [6.45, 7) is 3.92. The Morgan fingerprint density at radius 3 is 2.47 bits per heavy atom. The number of rotatable bonds is 9. The number of nitrogens with zero attached hydrogens (tertiary/aromatic N) is 2. The zero-order chi connectivity index (χ0) is 27.1. The monoisotopic (exact) mass is 685 g/mol. The summed E-state index contributed by atoms with van der Waals surface area (Å²) in [6, 6.07) is 25.4. The Bertz CT molecular complexity index is 1440. The Kier molecular flexibility index (Phi) is 9.35. The van der Waals surface area contributed by atoms with Gasteiger partial charge in [-0.2, -0.15) is 5.10 Å². The molecule has 0 aliphatic heterocycles. The van der Waals surface area contributed by atoms with Crippen LogP contribution in [0, 0.1) is 10.5 Å². The summed E-state index contributed by atoms with van der Waals surface area (Å²) < 4.78 is 14.1. The van der Waals surface area contributed by atoms with E-state index >= 15 is 0 Å². The maximum atomic E-state index is 12.7. The molecule has 1 amide bonds. The van der Waals surface area contributed by atoms with Gasteiger partial charge in [0.25, 0.3) is 5.91 Å². The van der Waals surface area contributed by atoms with E-state index in [1.165, 1.54) is 0 Å². The lowest BCUT2D eigenvalue weighted by molar-refractivity contribution is -0.145. The van der Waals surface area contributed by atoms with Gasteiger partial charge in [0.1, 0.15) is 5.75 Å². The average Bonchev–Trinajstić information content (AvgIpc) is 3.30. The van der Waals surface area contributed by atoms with Gasteiger partial charge in [-0.15, -0.1) is 0 Å². The normalized spacial score (nSPS) is 10.9. The average molecular weight is 686 g/mol. The molecular formula is C29H25BrIN3O4. The molecule has 1 heterocycles. The highest BCUT2D eigenvalue weighted by Gasteiger charge is 2.13. The van der Waals surface area contributed by atoms with E-state index in [-0.39, 0.29) is 12.5 Å². The van der Waals surface area contributed by atoms with Crippen molar-refractivity contribution in [2.45, 2.75) is 13.8 Å². The molecule has 9 heteroatoms. The summed E-state index contributed by atoms with van der Waals surface area (Å²) in [5.41, 5.74) is 8.09. The van der Waals surface area contributed by atoms with Gasteiger partial charge in [-0.1, -0.05) is 30.3 Å². The third kappa shape index (κ3) is 6.70. The summed E-state index contributed by atoms with van der Waals surface area (Å²) >= 11 is 5.57. The van der Waals surface area contributed by atoms with Gasteiger partial charge in [-0.3, -0.25) is 4.79 Å². The smallest absolute Gasteiger partial charge is 0.344 e. The molecule has 0 radical (unpaired) electrons. The van der Waals surface area contributed by atoms with E-state index in [1.807, 2.05) is 36.4 Å². The fraction of sp³-hybridized carbons (Fsp3) is 0.138. The fourth-order valence-electron chi connectivity index (χ4n) is 3.83.